The van der Waals surface area contributed by atoms with Gasteiger partial charge in [0.25, 0.3) is 0 Å². The quantitative estimate of drug-likeness (QED) is 0.528. The summed E-state index contributed by atoms with van der Waals surface area (Å²) in [5.74, 6) is -1.29. The Balaban J connectivity index is 2.53. The van der Waals surface area contributed by atoms with Crippen LogP contribution in [-0.4, -0.2) is 30.0 Å². The van der Waals surface area contributed by atoms with Gasteiger partial charge in [0, 0.05) is 18.6 Å². The Labute approximate surface area is 121 Å². The molecular weight excluding hydrogens is 281 g/mol. The molecule has 0 aliphatic carbocycles. The van der Waals surface area contributed by atoms with Gasteiger partial charge in [0.05, 0.1) is 17.6 Å². The summed E-state index contributed by atoms with van der Waals surface area (Å²) in [6, 6.07) is 2.76. The average Bonchev–Trinajstić information content (AvgIpc) is 2.41. The van der Waals surface area contributed by atoms with E-state index in [1.54, 1.807) is 0 Å². The van der Waals surface area contributed by atoms with Crippen LogP contribution in [0.1, 0.15) is 19.8 Å². The monoisotopic (exact) mass is 299 g/mol. The van der Waals surface area contributed by atoms with E-state index < -0.39 is 28.4 Å². The fourth-order valence-electron chi connectivity index (χ4n) is 1.68. The molecule has 1 rings (SSSR count). The highest BCUT2D eigenvalue weighted by atomic mass is 19.1. The van der Waals surface area contributed by atoms with Crippen LogP contribution in [0.3, 0.4) is 0 Å². The zero-order valence-corrected chi connectivity index (χ0v) is 11.7. The SMILES string of the molecule is CCCNC(CCOc1ccc([N+](=O)[O-])c(F)c1)C(N)=O. The number of amides is 1. The molecule has 3 N–H and O–H groups in total. The van der Waals surface area contributed by atoms with Crippen molar-refractivity contribution >= 4 is 11.6 Å². The number of rotatable bonds is 9. The molecule has 0 bridgehead atoms. The molecule has 21 heavy (non-hydrogen) atoms. The van der Waals surface area contributed by atoms with Crippen molar-refractivity contribution in [1.82, 2.24) is 5.32 Å². The minimum absolute atomic E-state index is 0.140. The van der Waals surface area contributed by atoms with E-state index >= 15 is 0 Å². The number of hydrogen-bond acceptors (Lipinski definition) is 5. The maximum Gasteiger partial charge on any atom is 0.305 e. The van der Waals surface area contributed by atoms with Gasteiger partial charge in [-0.3, -0.25) is 14.9 Å². The third-order valence-electron chi connectivity index (χ3n) is 2.78. The van der Waals surface area contributed by atoms with Crippen LogP contribution in [0.2, 0.25) is 0 Å². The molecule has 1 atom stereocenters. The minimum atomic E-state index is -0.965. The fraction of sp³-hybridized carbons (Fsp3) is 0.462. The number of ether oxygens (including phenoxy) is 1. The summed E-state index contributed by atoms with van der Waals surface area (Å²) in [6.45, 7) is 2.75. The first-order valence-corrected chi connectivity index (χ1v) is 6.55. The molecule has 1 aromatic carbocycles. The summed E-state index contributed by atoms with van der Waals surface area (Å²) in [4.78, 5) is 20.9. The van der Waals surface area contributed by atoms with E-state index in [1.165, 1.54) is 6.07 Å². The second kappa shape index (κ2) is 8.15. The lowest BCUT2D eigenvalue weighted by atomic mass is 10.2. The van der Waals surface area contributed by atoms with Gasteiger partial charge in [0.15, 0.2) is 0 Å². The summed E-state index contributed by atoms with van der Waals surface area (Å²) in [5, 5.41) is 13.4. The van der Waals surface area contributed by atoms with E-state index in [1.807, 2.05) is 6.92 Å². The summed E-state index contributed by atoms with van der Waals surface area (Å²) in [7, 11) is 0. The first-order chi connectivity index (χ1) is 9.95. The molecule has 0 saturated heterocycles. The van der Waals surface area contributed by atoms with Gasteiger partial charge in [-0.1, -0.05) is 6.92 Å². The Morgan fingerprint density at radius 2 is 2.29 bits per heavy atom. The van der Waals surface area contributed by atoms with E-state index in [0.717, 1.165) is 18.6 Å². The van der Waals surface area contributed by atoms with Crippen LogP contribution >= 0.6 is 0 Å². The molecule has 0 aliphatic rings. The predicted molar refractivity (Wildman–Crippen MR) is 74.4 cm³/mol. The van der Waals surface area contributed by atoms with Crippen LogP contribution in [0, 0.1) is 15.9 Å². The van der Waals surface area contributed by atoms with Crippen LogP contribution in [0.15, 0.2) is 18.2 Å². The second-order valence-corrected chi connectivity index (χ2v) is 4.42. The fourth-order valence-corrected chi connectivity index (χ4v) is 1.68. The minimum Gasteiger partial charge on any atom is -0.493 e. The molecule has 1 unspecified atom stereocenters. The van der Waals surface area contributed by atoms with Crippen LogP contribution in [0.4, 0.5) is 10.1 Å². The van der Waals surface area contributed by atoms with E-state index in [4.69, 9.17) is 10.5 Å². The van der Waals surface area contributed by atoms with Gasteiger partial charge in [-0.2, -0.15) is 4.39 Å². The highest BCUT2D eigenvalue weighted by Gasteiger charge is 2.16. The van der Waals surface area contributed by atoms with Crippen LogP contribution in [0.5, 0.6) is 5.75 Å². The van der Waals surface area contributed by atoms with E-state index in [2.05, 4.69) is 5.32 Å². The van der Waals surface area contributed by atoms with Crippen LogP contribution in [0.25, 0.3) is 0 Å². The number of primary amides is 1. The maximum absolute atomic E-state index is 13.4. The van der Waals surface area contributed by atoms with E-state index in [-0.39, 0.29) is 12.4 Å². The van der Waals surface area contributed by atoms with Gasteiger partial charge in [-0.15, -0.1) is 0 Å². The van der Waals surface area contributed by atoms with Crippen molar-refractivity contribution in [2.24, 2.45) is 5.73 Å². The molecule has 0 heterocycles. The van der Waals surface area contributed by atoms with Gasteiger partial charge < -0.3 is 15.8 Å². The molecule has 0 fully saturated rings. The Kier molecular flexibility index (Phi) is 6.54. The molecule has 7 nitrogen and oxygen atoms in total. The largest absolute Gasteiger partial charge is 0.493 e. The van der Waals surface area contributed by atoms with Crippen molar-refractivity contribution in [3.05, 3.63) is 34.1 Å². The lowest BCUT2D eigenvalue weighted by Gasteiger charge is -2.15. The van der Waals surface area contributed by atoms with Crippen molar-refractivity contribution in [3.8, 4) is 5.75 Å². The molecule has 1 amide bonds. The maximum atomic E-state index is 13.4. The zero-order chi connectivity index (χ0) is 15.8. The highest BCUT2D eigenvalue weighted by molar-refractivity contribution is 5.79. The molecule has 1 aromatic rings. The van der Waals surface area contributed by atoms with Crippen LogP contribution < -0.4 is 15.8 Å². The van der Waals surface area contributed by atoms with E-state index in [0.29, 0.717) is 13.0 Å². The number of nitrogens with zero attached hydrogens (tertiary/aromatic N) is 1. The molecule has 0 saturated carbocycles. The number of carbonyl (C=O) groups is 1. The van der Waals surface area contributed by atoms with Crippen LogP contribution in [-0.2, 0) is 4.79 Å². The third kappa shape index (κ3) is 5.35. The highest BCUT2D eigenvalue weighted by Crippen LogP contribution is 2.22. The van der Waals surface area contributed by atoms with Crippen molar-refractivity contribution in [1.29, 1.82) is 0 Å². The third-order valence-corrected chi connectivity index (χ3v) is 2.78. The topological polar surface area (TPSA) is 107 Å². The number of nitrogens with one attached hydrogen (secondary N) is 1. The average molecular weight is 299 g/mol. The molecule has 8 heteroatoms. The van der Waals surface area contributed by atoms with Crippen molar-refractivity contribution in [2.45, 2.75) is 25.8 Å². The lowest BCUT2D eigenvalue weighted by Crippen LogP contribution is -2.42. The normalized spacial score (nSPS) is 11.9. The standard InChI is InChI=1S/C13H18FN3O4/c1-2-6-16-11(13(15)18)5-7-21-9-3-4-12(17(19)20)10(14)8-9/h3-4,8,11,16H,2,5-7H2,1H3,(H2,15,18). The van der Waals surface area contributed by atoms with Crippen molar-refractivity contribution in [2.75, 3.05) is 13.2 Å². The van der Waals surface area contributed by atoms with Gasteiger partial charge >= 0.3 is 5.69 Å². The number of hydrogen-bond donors (Lipinski definition) is 2. The number of nitrogens with two attached hydrogens (primary N) is 1. The number of carbonyl (C=O) groups excluding carboxylic acids is 1. The molecule has 116 valence electrons. The summed E-state index contributed by atoms with van der Waals surface area (Å²) < 4.78 is 18.6. The number of nitro benzene ring substituents is 1. The number of halogens is 1. The molecule has 0 aromatic heterocycles. The lowest BCUT2D eigenvalue weighted by molar-refractivity contribution is -0.387. The molecule has 0 spiro atoms. The first kappa shape index (κ1) is 16.8. The number of nitro groups is 1. The summed E-state index contributed by atoms with van der Waals surface area (Å²) in [6.07, 6.45) is 1.19. The van der Waals surface area contributed by atoms with E-state index in [9.17, 15) is 19.3 Å². The zero-order valence-electron chi connectivity index (χ0n) is 11.7. The van der Waals surface area contributed by atoms with Gasteiger partial charge in [0.2, 0.25) is 11.7 Å². The summed E-state index contributed by atoms with van der Waals surface area (Å²) >= 11 is 0. The molecular formula is C13H18FN3O4. The second-order valence-electron chi connectivity index (χ2n) is 4.42. The Morgan fingerprint density at radius 1 is 1.57 bits per heavy atom. The van der Waals surface area contributed by atoms with Gasteiger partial charge in [0.1, 0.15) is 5.75 Å². The summed E-state index contributed by atoms with van der Waals surface area (Å²) in [5.41, 5.74) is 4.63. The molecule has 0 radical (unpaired) electrons. The Morgan fingerprint density at radius 3 is 2.81 bits per heavy atom. The van der Waals surface area contributed by atoms with Crippen molar-refractivity contribution < 1.29 is 18.8 Å². The number of benzene rings is 1. The predicted octanol–water partition coefficient (Wildman–Crippen LogP) is 1.36. The molecule has 0 aliphatic heterocycles. The van der Waals surface area contributed by atoms with Gasteiger partial charge in [-0.05, 0) is 19.0 Å². The Bertz CT molecular complexity index is 510. The van der Waals surface area contributed by atoms with Gasteiger partial charge in [-0.25, -0.2) is 0 Å². The van der Waals surface area contributed by atoms with Crippen molar-refractivity contribution in [3.63, 3.8) is 0 Å². The smallest absolute Gasteiger partial charge is 0.305 e. The Hall–Kier alpha value is -2.22. The first-order valence-electron chi connectivity index (χ1n) is 6.55.